The van der Waals surface area contributed by atoms with Gasteiger partial charge in [-0.3, -0.25) is 0 Å². The summed E-state index contributed by atoms with van der Waals surface area (Å²) in [6.07, 6.45) is -9.95. The molecule has 0 bridgehead atoms. The first-order valence-corrected chi connectivity index (χ1v) is 20.7. The Balaban J connectivity index is 0.833. The number of hydrogen-bond donors (Lipinski definition) is 0. The first-order chi connectivity index (χ1) is 31.2. The van der Waals surface area contributed by atoms with Crippen molar-refractivity contribution in [3.63, 3.8) is 0 Å². The van der Waals surface area contributed by atoms with E-state index in [-0.39, 0.29) is 11.5 Å². The van der Waals surface area contributed by atoms with E-state index in [1.54, 1.807) is 12.1 Å². The van der Waals surface area contributed by atoms with Crippen LogP contribution in [-0.2, 0) is 18.3 Å². The molecule has 8 aromatic carbocycles. The molecule has 8 aromatic rings. The quantitative estimate of drug-likeness (QED) is 0.102. The van der Waals surface area contributed by atoms with E-state index < -0.39 is 28.9 Å². The molecule has 328 valence electrons. The second kappa shape index (κ2) is 18.7. The highest BCUT2D eigenvalue weighted by molar-refractivity contribution is 5.65. The van der Waals surface area contributed by atoms with Crippen LogP contribution in [0.4, 0.5) is 26.3 Å². The zero-order chi connectivity index (χ0) is 45.6. The maximum atomic E-state index is 14.5. The molecule has 0 aliphatic heterocycles. The monoisotopic (exact) mass is 880 g/mol. The molecule has 65 heavy (non-hydrogen) atoms. The molecule has 0 amide bonds. The highest BCUT2D eigenvalue weighted by Gasteiger charge is 2.72. The first-order valence-electron chi connectivity index (χ1n) is 20.7. The summed E-state index contributed by atoms with van der Waals surface area (Å²) in [6.45, 7) is 2.09. The van der Waals surface area contributed by atoms with Gasteiger partial charge in [-0.1, -0.05) is 115 Å². The molecule has 8 rings (SSSR count). The molecule has 0 unspecified atom stereocenters. The summed E-state index contributed by atoms with van der Waals surface area (Å²) in [5, 5.41) is 0. The van der Waals surface area contributed by atoms with Crippen molar-refractivity contribution in [2.45, 2.75) is 37.5 Å². The summed E-state index contributed by atoms with van der Waals surface area (Å²) in [5.74, 6) is 3.46. The predicted molar refractivity (Wildman–Crippen MR) is 241 cm³/mol. The van der Waals surface area contributed by atoms with Gasteiger partial charge in [-0.15, -0.1) is 0 Å². The molecule has 0 aliphatic rings. The molecule has 0 radical (unpaired) electrons. The molecule has 0 heterocycles. The van der Waals surface area contributed by atoms with Gasteiger partial charge in [0, 0.05) is 0 Å². The lowest BCUT2D eigenvalue weighted by atomic mass is 9.73. The average molecular weight is 881 g/mol. The second-order valence-electron chi connectivity index (χ2n) is 15.6. The lowest BCUT2D eigenvalue weighted by Crippen LogP contribution is -2.54. The Morgan fingerprint density at radius 1 is 0.323 bits per heavy atom. The van der Waals surface area contributed by atoms with Crippen LogP contribution in [0.5, 0.6) is 40.2 Å². The van der Waals surface area contributed by atoms with Gasteiger partial charge in [-0.25, -0.2) is 0 Å². The zero-order valence-corrected chi connectivity index (χ0v) is 35.3. The highest BCUT2D eigenvalue weighted by atomic mass is 19.4. The van der Waals surface area contributed by atoms with Crippen molar-refractivity contribution in [2.75, 3.05) is 7.11 Å². The first kappa shape index (κ1) is 44.2. The summed E-state index contributed by atoms with van der Waals surface area (Å²) < 4.78 is 110. The summed E-state index contributed by atoms with van der Waals surface area (Å²) >= 11 is 0. The topological polar surface area (TPSA) is 36.9 Å². The number of alkyl halides is 6. The van der Waals surface area contributed by atoms with E-state index in [1.165, 1.54) is 23.8 Å². The summed E-state index contributed by atoms with van der Waals surface area (Å²) in [4.78, 5) is 0. The van der Waals surface area contributed by atoms with Crippen LogP contribution < -0.4 is 18.9 Å². The summed E-state index contributed by atoms with van der Waals surface area (Å²) in [6, 6.07) is 54.8. The number of rotatable bonds is 14. The Labute approximate surface area is 373 Å². The molecular weight excluding hydrogens is 839 g/mol. The van der Waals surface area contributed by atoms with Crippen molar-refractivity contribution in [3.05, 3.63) is 233 Å². The fraction of sp³-hybridized carbons (Fsp3) is 0.127. The minimum Gasteiger partial charge on any atom is -0.497 e. The summed E-state index contributed by atoms with van der Waals surface area (Å²) in [7, 11) is 1.27. The molecule has 4 nitrogen and oxygen atoms in total. The zero-order valence-electron chi connectivity index (χ0n) is 35.3. The van der Waals surface area contributed by atoms with Crippen LogP contribution in [-0.4, -0.2) is 19.5 Å². The molecule has 0 aromatic heterocycles. The molecular formula is C55H42F6O4. The number of aryl methyl sites for hydroxylation is 1. The van der Waals surface area contributed by atoms with Gasteiger partial charge in [0.25, 0.3) is 0 Å². The van der Waals surface area contributed by atoms with E-state index >= 15 is 0 Å². The highest BCUT2D eigenvalue weighted by Crippen LogP contribution is 2.56. The van der Waals surface area contributed by atoms with Gasteiger partial charge in [-0.2, -0.15) is 26.3 Å². The maximum absolute atomic E-state index is 14.5. The van der Waals surface area contributed by atoms with Gasteiger partial charge in [0.2, 0.25) is 5.41 Å². The van der Waals surface area contributed by atoms with Crippen LogP contribution in [0.1, 0.15) is 38.9 Å². The number of halogens is 6. The Kier molecular flexibility index (Phi) is 12.7. The standard InChI is InChI=1S/C55H42F6O4/c1-37-3-5-38(6-4-37)35-39-7-21-47(22-8-39)63-50-27-13-42(14-28-50)43-15-29-51(30-16-43)64-48-23-9-40(10-24-48)36-41-11-25-49(26-12-41)65-52-33-19-45(20-34-52)53(54(56,57)58,55(59,60)61)44-17-31-46(62-2)32-18-44/h3-34H,35-36H2,1-2H3. The van der Waals surface area contributed by atoms with Gasteiger partial charge in [0.05, 0.1) is 7.11 Å². The third kappa shape index (κ3) is 10.2. The minimum atomic E-state index is -5.71. The largest absolute Gasteiger partial charge is 0.497 e. The lowest BCUT2D eigenvalue weighted by Gasteiger charge is -2.38. The van der Waals surface area contributed by atoms with Gasteiger partial charge in [0.1, 0.15) is 40.2 Å². The van der Waals surface area contributed by atoms with E-state index in [9.17, 15) is 26.3 Å². The molecule has 0 saturated carbocycles. The number of ether oxygens (including phenoxy) is 4. The Morgan fingerprint density at radius 3 is 0.846 bits per heavy atom. The third-order valence-electron chi connectivity index (χ3n) is 11.1. The molecule has 0 spiro atoms. The normalized spacial score (nSPS) is 11.8. The van der Waals surface area contributed by atoms with Crippen molar-refractivity contribution >= 4 is 0 Å². The lowest BCUT2D eigenvalue weighted by molar-refractivity contribution is -0.288. The van der Waals surface area contributed by atoms with Gasteiger partial charge < -0.3 is 18.9 Å². The molecule has 0 N–H and O–H groups in total. The fourth-order valence-electron chi connectivity index (χ4n) is 7.64. The van der Waals surface area contributed by atoms with Crippen LogP contribution >= 0.6 is 0 Å². The fourth-order valence-corrected chi connectivity index (χ4v) is 7.64. The van der Waals surface area contributed by atoms with Crippen molar-refractivity contribution in [3.8, 4) is 51.4 Å². The van der Waals surface area contributed by atoms with Gasteiger partial charge >= 0.3 is 12.4 Å². The Hall–Kier alpha value is -7.46. The van der Waals surface area contributed by atoms with E-state index in [4.69, 9.17) is 18.9 Å². The van der Waals surface area contributed by atoms with Crippen molar-refractivity contribution in [1.29, 1.82) is 0 Å². The molecule has 0 atom stereocenters. The van der Waals surface area contributed by atoms with Gasteiger partial charge in [-0.05, 0) is 149 Å². The molecule has 0 fully saturated rings. The average Bonchev–Trinajstić information content (AvgIpc) is 3.30. The Morgan fingerprint density at radius 2 is 0.569 bits per heavy atom. The smallest absolute Gasteiger partial charge is 0.411 e. The van der Waals surface area contributed by atoms with Crippen LogP contribution in [0.15, 0.2) is 194 Å². The molecule has 10 heteroatoms. The van der Waals surface area contributed by atoms with Gasteiger partial charge in [0.15, 0.2) is 0 Å². The molecule has 0 saturated heterocycles. The minimum absolute atomic E-state index is 0.0756. The number of benzene rings is 8. The van der Waals surface area contributed by atoms with E-state index in [0.29, 0.717) is 23.7 Å². The number of methoxy groups -OCH3 is 1. The molecule has 0 aliphatic carbocycles. The van der Waals surface area contributed by atoms with E-state index in [2.05, 4.69) is 43.3 Å². The van der Waals surface area contributed by atoms with Crippen molar-refractivity contribution in [1.82, 2.24) is 0 Å². The second-order valence-corrected chi connectivity index (χ2v) is 15.6. The third-order valence-corrected chi connectivity index (χ3v) is 11.1. The maximum Gasteiger partial charge on any atom is 0.411 e. The van der Waals surface area contributed by atoms with E-state index in [1.807, 2.05) is 97.1 Å². The Bertz CT molecular complexity index is 2770. The SMILES string of the molecule is COc1ccc(C(c2ccc(Oc3ccc(Cc4ccc(Oc5ccc(-c6ccc(Oc7ccc(Cc8ccc(C)cc8)cc7)cc6)cc5)cc4)cc3)cc2)(C(F)(F)F)C(F)(F)F)cc1. The number of hydrogen-bond acceptors (Lipinski definition) is 4. The van der Waals surface area contributed by atoms with Crippen LogP contribution in [0, 0.1) is 6.92 Å². The predicted octanol–water partition coefficient (Wildman–Crippen LogP) is 15.6. The van der Waals surface area contributed by atoms with E-state index in [0.717, 1.165) is 88.7 Å². The van der Waals surface area contributed by atoms with Crippen LogP contribution in [0.3, 0.4) is 0 Å². The summed E-state index contributed by atoms with van der Waals surface area (Å²) in [5.41, 5.74) is 1.56. The van der Waals surface area contributed by atoms with Crippen LogP contribution in [0.25, 0.3) is 11.1 Å². The van der Waals surface area contributed by atoms with Crippen LogP contribution in [0.2, 0.25) is 0 Å². The van der Waals surface area contributed by atoms with Crippen molar-refractivity contribution in [2.24, 2.45) is 0 Å². The van der Waals surface area contributed by atoms with Crippen molar-refractivity contribution < 1.29 is 45.3 Å².